The average Bonchev–Trinajstić information content (AvgIpc) is 2.52. The summed E-state index contributed by atoms with van der Waals surface area (Å²) in [7, 11) is 0. The lowest BCUT2D eigenvalue weighted by atomic mass is 9.87. The van der Waals surface area contributed by atoms with E-state index in [0.29, 0.717) is 5.56 Å². The van der Waals surface area contributed by atoms with Crippen LogP contribution in [0.1, 0.15) is 31.1 Å². The molecule has 2 aromatic carbocycles. The molecular formula is C19H23NOS. The monoisotopic (exact) mass is 313 g/mol. The quantitative estimate of drug-likeness (QED) is 0.816. The lowest BCUT2D eigenvalue weighted by molar-refractivity contribution is 0.0912. The molecule has 0 saturated heterocycles. The standard InChI is InChI=1S/C19H23NOS/c1-19(2,3)17(14-22-16-12-8-5-9-13-16)20-18(21)15-10-6-4-7-11-15/h4-13,17H,14H2,1-3H3,(H,20,21). The van der Waals surface area contributed by atoms with Crippen molar-refractivity contribution in [3.8, 4) is 0 Å². The Morgan fingerprint density at radius 1 is 1.00 bits per heavy atom. The Kier molecular flexibility index (Phi) is 5.67. The van der Waals surface area contributed by atoms with E-state index >= 15 is 0 Å². The van der Waals surface area contributed by atoms with E-state index in [0.717, 1.165) is 5.75 Å². The van der Waals surface area contributed by atoms with Crippen LogP contribution < -0.4 is 5.32 Å². The second-order valence-corrected chi connectivity index (χ2v) is 7.48. The fraction of sp³-hybridized carbons (Fsp3) is 0.316. The van der Waals surface area contributed by atoms with E-state index in [4.69, 9.17) is 0 Å². The van der Waals surface area contributed by atoms with E-state index < -0.39 is 0 Å². The van der Waals surface area contributed by atoms with Crippen molar-refractivity contribution in [1.82, 2.24) is 5.32 Å². The van der Waals surface area contributed by atoms with Crippen LogP contribution in [-0.2, 0) is 0 Å². The number of thioether (sulfide) groups is 1. The highest BCUT2D eigenvalue weighted by Gasteiger charge is 2.26. The molecule has 0 spiro atoms. The third kappa shape index (κ3) is 4.92. The Balaban J connectivity index is 2.02. The number of carbonyl (C=O) groups is 1. The van der Waals surface area contributed by atoms with E-state index in [9.17, 15) is 4.79 Å². The van der Waals surface area contributed by atoms with Crippen LogP contribution in [0.25, 0.3) is 0 Å². The van der Waals surface area contributed by atoms with Crippen molar-refractivity contribution in [3.05, 3.63) is 66.2 Å². The van der Waals surface area contributed by atoms with Crippen molar-refractivity contribution in [2.75, 3.05) is 5.75 Å². The molecule has 2 rings (SSSR count). The maximum Gasteiger partial charge on any atom is 0.251 e. The molecule has 1 atom stereocenters. The minimum atomic E-state index is -0.00538. The molecule has 2 aromatic rings. The Hall–Kier alpha value is -1.74. The average molecular weight is 313 g/mol. The highest BCUT2D eigenvalue weighted by atomic mass is 32.2. The molecule has 2 nitrogen and oxygen atoms in total. The van der Waals surface area contributed by atoms with Gasteiger partial charge in [0.15, 0.2) is 0 Å². The Bertz CT molecular complexity index is 590. The van der Waals surface area contributed by atoms with Crippen LogP contribution in [0.3, 0.4) is 0 Å². The number of rotatable bonds is 5. The molecule has 1 amide bonds. The fourth-order valence-corrected chi connectivity index (χ4v) is 3.33. The molecule has 116 valence electrons. The first kappa shape index (κ1) is 16.6. The second kappa shape index (κ2) is 7.50. The van der Waals surface area contributed by atoms with Gasteiger partial charge in [0.25, 0.3) is 5.91 Å². The number of amides is 1. The van der Waals surface area contributed by atoms with Gasteiger partial charge >= 0.3 is 0 Å². The van der Waals surface area contributed by atoms with Crippen LogP contribution in [-0.4, -0.2) is 17.7 Å². The van der Waals surface area contributed by atoms with Gasteiger partial charge in [-0.2, -0.15) is 0 Å². The third-order valence-corrected chi connectivity index (χ3v) is 4.65. The van der Waals surface area contributed by atoms with Gasteiger partial charge in [-0.25, -0.2) is 0 Å². The van der Waals surface area contributed by atoms with E-state index in [1.165, 1.54) is 4.90 Å². The molecular weight excluding hydrogens is 290 g/mol. The minimum Gasteiger partial charge on any atom is -0.348 e. The van der Waals surface area contributed by atoms with Gasteiger partial charge in [0, 0.05) is 22.3 Å². The summed E-state index contributed by atoms with van der Waals surface area (Å²) in [4.78, 5) is 13.6. The lowest BCUT2D eigenvalue weighted by Crippen LogP contribution is -2.45. The van der Waals surface area contributed by atoms with Crippen LogP contribution in [0.15, 0.2) is 65.6 Å². The highest BCUT2D eigenvalue weighted by Crippen LogP contribution is 2.26. The zero-order chi connectivity index (χ0) is 16.0. The molecule has 0 fully saturated rings. The van der Waals surface area contributed by atoms with Crippen LogP contribution in [0.2, 0.25) is 0 Å². The number of carbonyl (C=O) groups excluding carboxylic acids is 1. The molecule has 0 saturated carbocycles. The van der Waals surface area contributed by atoms with Gasteiger partial charge < -0.3 is 5.32 Å². The normalized spacial score (nSPS) is 12.7. The zero-order valence-electron chi connectivity index (χ0n) is 13.4. The molecule has 0 bridgehead atoms. The molecule has 0 aromatic heterocycles. The molecule has 1 unspecified atom stereocenters. The number of benzene rings is 2. The number of hydrogen-bond donors (Lipinski definition) is 1. The highest BCUT2D eigenvalue weighted by molar-refractivity contribution is 7.99. The third-order valence-electron chi connectivity index (χ3n) is 3.55. The van der Waals surface area contributed by atoms with Crippen molar-refractivity contribution >= 4 is 17.7 Å². The van der Waals surface area contributed by atoms with Gasteiger partial charge in [0.2, 0.25) is 0 Å². The molecule has 22 heavy (non-hydrogen) atoms. The van der Waals surface area contributed by atoms with Crippen molar-refractivity contribution in [2.24, 2.45) is 5.41 Å². The predicted octanol–water partition coefficient (Wildman–Crippen LogP) is 4.62. The summed E-state index contributed by atoms with van der Waals surface area (Å²) in [5.74, 6) is 0.848. The van der Waals surface area contributed by atoms with Crippen LogP contribution in [0.4, 0.5) is 0 Å². The summed E-state index contributed by atoms with van der Waals surface area (Å²) in [5.41, 5.74) is 0.716. The Labute approximate surface area is 137 Å². The van der Waals surface area contributed by atoms with Crippen molar-refractivity contribution in [1.29, 1.82) is 0 Å². The molecule has 1 N–H and O–H groups in total. The first-order chi connectivity index (χ1) is 10.5. The molecule has 0 aliphatic rings. The maximum atomic E-state index is 12.4. The summed E-state index contributed by atoms with van der Waals surface area (Å²) in [5, 5.41) is 3.18. The minimum absolute atomic E-state index is 0.00538. The van der Waals surface area contributed by atoms with E-state index in [1.807, 2.05) is 48.5 Å². The molecule has 0 aliphatic carbocycles. The number of hydrogen-bond acceptors (Lipinski definition) is 2. The smallest absolute Gasteiger partial charge is 0.251 e. The number of nitrogens with one attached hydrogen (secondary N) is 1. The SMILES string of the molecule is CC(C)(C)C(CSc1ccccc1)NC(=O)c1ccccc1. The fourth-order valence-electron chi connectivity index (χ4n) is 2.04. The summed E-state index contributed by atoms with van der Waals surface area (Å²) in [6.45, 7) is 6.48. The largest absolute Gasteiger partial charge is 0.348 e. The Morgan fingerprint density at radius 3 is 2.09 bits per heavy atom. The summed E-state index contributed by atoms with van der Waals surface area (Å²) >= 11 is 1.78. The molecule has 0 aliphatic heterocycles. The van der Waals surface area contributed by atoms with Gasteiger partial charge in [-0.15, -0.1) is 11.8 Å². The lowest BCUT2D eigenvalue weighted by Gasteiger charge is -2.31. The van der Waals surface area contributed by atoms with Crippen molar-refractivity contribution < 1.29 is 4.79 Å². The molecule has 0 radical (unpaired) electrons. The molecule has 0 heterocycles. The van der Waals surface area contributed by atoms with Gasteiger partial charge in [-0.3, -0.25) is 4.79 Å². The maximum absolute atomic E-state index is 12.4. The summed E-state index contributed by atoms with van der Waals surface area (Å²) < 4.78 is 0. The van der Waals surface area contributed by atoms with E-state index in [1.54, 1.807) is 11.8 Å². The van der Waals surface area contributed by atoms with Crippen LogP contribution in [0, 0.1) is 5.41 Å². The summed E-state index contributed by atoms with van der Waals surface area (Å²) in [6.07, 6.45) is 0. The van der Waals surface area contributed by atoms with Crippen molar-refractivity contribution in [3.63, 3.8) is 0 Å². The van der Waals surface area contributed by atoms with Gasteiger partial charge in [-0.05, 0) is 29.7 Å². The van der Waals surface area contributed by atoms with Gasteiger partial charge in [-0.1, -0.05) is 57.2 Å². The van der Waals surface area contributed by atoms with Crippen molar-refractivity contribution in [2.45, 2.75) is 31.7 Å². The first-order valence-electron chi connectivity index (χ1n) is 7.50. The predicted molar refractivity (Wildman–Crippen MR) is 94.3 cm³/mol. The van der Waals surface area contributed by atoms with Crippen LogP contribution >= 0.6 is 11.8 Å². The Morgan fingerprint density at radius 2 is 1.55 bits per heavy atom. The summed E-state index contributed by atoms with van der Waals surface area (Å²) in [6, 6.07) is 19.8. The molecule has 3 heteroatoms. The van der Waals surface area contributed by atoms with Crippen LogP contribution in [0.5, 0.6) is 0 Å². The van der Waals surface area contributed by atoms with E-state index in [2.05, 4.69) is 38.2 Å². The zero-order valence-corrected chi connectivity index (χ0v) is 14.2. The first-order valence-corrected chi connectivity index (χ1v) is 8.49. The van der Waals surface area contributed by atoms with Gasteiger partial charge in [0.1, 0.15) is 0 Å². The topological polar surface area (TPSA) is 29.1 Å². The second-order valence-electron chi connectivity index (χ2n) is 6.38. The van der Waals surface area contributed by atoms with Gasteiger partial charge in [0.05, 0.1) is 0 Å². The van der Waals surface area contributed by atoms with E-state index in [-0.39, 0.29) is 17.4 Å².